The Morgan fingerprint density at radius 2 is 2.12 bits per heavy atom. The standard InChI is InChI=1S/C19H17NO5S/c1-3-17(21)24-14-8-7-12(11-15(14)23-4-2)10-13-19(22)25-18(20-13)16-6-5-9-26-16/h5-11H,3-4H2,1-2H3. The first kappa shape index (κ1) is 17.9. The fourth-order valence-electron chi connectivity index (χ4n) is 2.23. The largest absolute Gasteiger partial charge is 0.490 e. The highest BCUT2D eigenvalue weighted by Gasteiger charge is 2.24. The number of ether oxygens (including phenoxy) is 3. The topological polar surface area (TPSA) is 74.2 Å². The summed E-state index contributed by atoms with van der Waals surface area (Å²) in [4.78, 5) is 28.6. The van der Waals surface area contributed by atoms with Crippen LogP contribution >= 0.6 is 11.3 Å². The molecule has 2 aromatic rings. The molecule has 1 aliphatic heterocycles. The van der Waals surface area contributed by atoms with E-state index in [1.165, 1.54) is 11.3 Å². The summed E-state index contributed by atoms with van der Waals surface area (Å²) in [5.74, 6) is 0.222. The number of aliphatic imine (C=N–C) groups is 1. The highest BCUT2D eigenvalue weighted by molar-refractivity contribution is 7.12. The van der Waals surface area contributed by atoms with Crippen molar-refractivity contribution in [3.05, 3.63) is 51.8 Å². The molecular formula is C19H17NO5S. The van der Waals surface area contributed by atoms with Gasteiger partial charge in [0.2, 0.25) is 5.90 Å². The fourth-order valence-corrected chi connectivity index (χ4v) is 2.88. The lowest BCUT2D eigenvalue weighted by atomic mass is 10.1. The maximum Gasteiger partial charge on any atom is 0.363 e. The summed E-state index contributed by atoms with van der Waals surface area (Å²) < 4.78 is 16.0. The summed E-state index contributed by atoms with van der Waals surface area (Å²) in [7, 11) is 0. The summed E-state index contributed by atoms with van der Waals surface area (Å²) >= 11 is 1.45. The summed E-state index contributed by atoms with van der Waals surface area (Å²) in [6, 6.07) is 8.75. The summed E-state index contributed by atoms with van der Waals surface area (Å²) in [6.07, 6.45) is 1.88. The van der Waals surface area contributed by atoms with Crippen LogP contribution in [-0.4, -0.2) is 24.4 Å². The van der Waals surface area contributed by atoms with Crippen molar-refractivity contribution in [3.63, 3.8) is 0 Å². The number of thiophene rings is 1. The van der Waals surface area contributed by atoms with E-state index in [1.807, 2.05) is 24.4 Å². The molecule has 3 rings (SSSR count). The first-order valence-corrected chi connectivity index (χ1v) is 9.02. The molecule has 1 aromatic carbocycles. The molecule has 1 aliphatic rings. The third-order valence-corrected chi connectivity index (χ3v) is 4.29. The quantitative estimate of drug-likeness (QED) is 0.439. The minimum Gasteiger partial charge on any atom is -0.490 e. The number of hydrogen-bond acceptors (Lipinski definition) is 7. The van der Waals surface area contributed by atoms with Crippen LogP contribution in [0.25, 0.3) is 6.08 Å². The molecule has 7 heteroatoms. The van der Waals surface area contributed by atoms with Crippen molar-refractivity contribution in [2.24, 2.45) is 4.99 Å². The Bertz CT molecular complexity index is 883. The van der Waals surface area contributed by atoms with E-state index in [4.69, 9.17) is 14.2 Å². The van der Waals surface area contributed by atoms with Crippen LogP contribution in [0.3, 0.4) is 0 Å². The van der Waals surface area contributed by atoms with E-state index in [9.17, 15) is 9.59 Å². The van der Waals surface area contributed by atoms with Crippen molar-refractivity contribution >= 4 is 35.2 Å². The van der Waals surface area contributed by atoms with Crippen LogP contribution in [0.2, 0.25) is 0 Å². The second-order valence-electron chi connectivity index (χ2n) is 5.28. The fraction of sp³-hybridized carbons (Fsp3) is 0.211. The lowest BCUT2D eigenvalue weighted by molar-refractivity contribution is -0.134. The molecule has 0 unspecified atom stereocenters. The number of carbonyl (C=O) groups excluding carboxylic acids is 2. The maximum atomic E-state index is 12.0. The third kappa shape index (κ3) is 4.00. The molecule has 0 radical (unpaired) electrons. The Kier molecular flexibility index (Phi) is 5.48. The van der Waals surface area contributed by atoms with Crippen LogP contribution in [0, 0.1) is 0 Å². The van der Waals surface area contributed by atoms with Gasteiger partial charge in [0.25, 0.3) is 0 Å². The van der Waals surface area contributed by atoms with Gasteiger partial charge in [0.05, 0.1) is 11.5 Å². The predicted molar refractivity (Wildman–Crippen MR) is 98.5 cm³/mol. The van der Waals surface area contributed by atoms with E-state index in [0.717, 1.165) is 4.88 Å². The average molecular weight is 371 g/mol. The van der Waals surface area contributed by atoms with E-state index in [-0.39, 0.29) is 18.1 Å². The van der Waals surface area contributed by atoms with Crippen molar-refractivity contribution < 1.29 is 23.8 Å². The molecular weight excluding hydrogens is 354 g/mol. The number of esters is 2. The van der Waals surface area contributed by atoms with Crippen molar-refractivity contribution in [3.8, 4) is 11.5 Å². The number of hydrogen-bond donors (Lipinski definition) is 0. The number of carbonyl (C=O) groups is 2. The zero-order valence-electron chi connectivity index (χ0n) is 14.4. The third-order valence-electron chi connectivity index (χ3n) is 3.44. The monoisotopic (exact) mass is 371 g/mol. The molecule has 6 nitrogen and oxygen atoms in total. The Hall–Kier alpha value is -2.93. The minimum atomic E-state index is -0.507. The predicted octanol–water partition coefficient (Wildman–Crippen LogP) is 3.81. The molecule has 0 amide bonds. The molecule has 0 N–H and O–H groups in total. The smallest absolute Gasteiger partial charge is 0.363 e. The van der Waals surface area contributed by atoms with Crippen LogP contribution in [0.4, 0.5) is 0 Å². The summed E-state index contributed by atoms with van der Waals surface area (Å²) in [6.45, 7) is 3.97. The lowest BCUT2D eigenvalue weighted by Crippen LogP contribution is -2.07. The molecule has 0 bridgehead atoms. The Labute approximate surface area is 154 Å². The Morgan fingerprint density at radius 1 is 1.27 bits per heavy atom. The molecule has 1 aromatic heterocycles. The molecule has 0 saturated carbocycles. The van der Waals surface area contributed by atoms with Gasteiger partial charge in [0.15, 0.2) is 17.2 Å². The van der Waals surface area contributed by atoms with Crippen LogP contribution in [0.15, 0.2) is 46.4 Å². The summed E-state index contributed by atoms with van der Waals surface area (Å²) in [5.41, 5.74) is 0.891. The van der Waals surface area contributed by atoms with E-state index in [2.05, 4.69) is 4.99 Å². The van der Waals surface area contributed by atoms with Crippen LogP contribution in [-0.2, 0) is 14.3 Å². The van der Waals surface area contributed by atoms with Gasteiger partial charge in [0, 0.05) is 6.42 Å². The van der Waals surface area contributed by atoms with E-state index in [0.29, 0.717) is 29.6 Å². The average Bonchev–Trinajstić information content (AvgIpc) is 3.28. The molecule has 26 heavy (non-hydrogen) atoms. The SMILES string of the molecule is CCOc1cc(C=C2N=C(c3cccs3)OC2=O)ccc1OC(=O)CC. The van der Waals surface area contributed by atoms with Crippen molar-refractivity contribution in [2.45, 2.75) is 20.3 Å². The summed E-state index contributed by atoms with van der Waals surface area (Å²) in [5, 5.41) is 1.89. The molecule has 134 valence electrons. The van der Waals surface area contributed by atoms with Gasteiger partial charge < -0.3 is 14.2 Å². The number of cyclic esters (lactones) is 1. The van der Waals surface area contributed by atoms with Gasteiger partial charge in [-0.05, 0) is 42.1 Å². The molecule has 0 aliphatic carbocycles. The highest BCUT2D eigenvalue weighted by Crippen LogP contribution is 2.30. The number of rotatable bonds is 6. The van der Waals surface area contributed by atoms with Gasteiger partial charge >= 0.3 is 11.9 Å². The second kappa shape index (κ2) is 7.97. The Morgan fingerprint density at radius 3 is 2.81 bits per heavy atom. The Balaban J connectivity index is 1.89. The highest BCUT2D eigenvalue weighted by atomic mass is 32.1. The van der Waals surface area contributed by atoms with Crippen LogP contribution in [0.5, 0.6) is 11.5 Å². The van der Waals surface area contributed by atoms with Gasteiger partial charge in [-0.2, -0.15) is 0 Å². The van der Waals surface area contributed by atoms with Gasteiger partial charge in [-0.3, -0.25) is 4.79 Å². The zero-order chi connectivity index (χ0) is 18.5. The van der Waals surface area contributed by atoms with Crippen molar-refractivity contribution in [1.82, 2.24) is 0 Å². The first-order chi connectivity index (χ1) is 12.6. The molecule has 2 heterocycles. The minimum absolute atomic E-state index is 0.203. The number of nitrogens with zero attached hydrogens (tertiary/aromatic N) is 1. The first-order valence-electron chi connectivity index (χ1n) is 8.14. The normalized spacial score (nSPS) is 14.9. The molecule has 0 atom stereocenters. The van der Waals surface area contributed by atoms with Crippen molar-refractivity contribution in [2.75, 3.05) is 6.61 Å². The van der Waals surface area contributed by atoms with Gasteiger partial charge in [-0.25, -0.2) is 9.79 Å². The molecule has 0 saturated heterocycles. The zero-order valence-corrected chi connectivity index (χ0v) is 15.2. The van der Waals surface area contributed by atoms with E-state index in [1.54, 1.807) is 31.2 Å². The van der Waals surface area contributed by atoms with Gasteiger partial charge in [-0.15, -0.1) is 11.3 Å². The van der Waals surface area contributed by atoms with Gasteiger partial charge in [0.1, 0.15) is 0 Å². The molecule has 0 fully saturated rings. The second-order valence-corrected chi connectivity index (χ2v) is 6.23. The maximum absolute atomic E-state index is 12.0. The van der Waals surface area contributed by atoms with Crippen LogP contribution in [0.1, 0.15) is 30.7 Å². The number of benzene rings is 1. The lowest BCUT2D eigenvalue weighted by Gasteiger charge is -2.10. The van der Waals surface area contributed by atoms with E-state index < -0.39 is 5.97 Å². The van der Waals surface area contributed by atoms with Gasteiger partial charge in [-0.1, -0.05) is 19.1 Å². The van der Waals surface area contributed by atoms with Crippen LogP contribution < -0.4 is 9.47 Å². The molecule has 0 spiro atoms. The van der Waals surface area contributed by atoms with E-state index >= 15 is 0 Å². The van der Waals surface area contributed by atoms with Crippen molar-refractivity contribution in [1.29, 1.82) is 0 Å².